The van der Waals surface area contributed by atoms with Crippen molar-refractivity contribution >= 4 is 11.8 Å². The Balaban J connectivity index is 1.73. The first-order chi connectivity index (χ1) is 9.60. The third kappa shape index (κ3) is 3.93. The van der Waals surface area contributed by atoms with Gasteiger partial charge in [-0.2, -0.15) is 0 Å². The number of amides is 2. The summed E-state index contributed by atoms with van der Waals surface area (Å²) in [5.74, 6) is 0.152. The molecule has 114 valence electrons. The number of piperazine rings is 1. The van der Waals surface area contributed by atoms with Crippen LogP contribution in [-0.2, 0) is 9.59 Å². The van der Waals surface area contributed by atoms with Gasteiger partial charge in [0, 0.05) is 45.7 Å². The second-order valence-corrected chi connectivity index (χ2v) is 5.66. The van der Waals surface area contributed by atoms with Crippen molar-refractivity contribution in [3.8, 4) is 0 Å². The van der Waals surface area contributed by atoms with Gasteiger partial charge in [0.2, 0.25) is 11.8 Å². The lowest BCUT2D eigenvalue weighted by Gasteiger charge is -2.36. The average molecular weight is 283 g/mol. The Bertz CT molecular complexity index is 354. The number of rotatable bonds is 5. The molecule has 0 bridgehead atoms. The van der Waals surface area contributed by atoms with Crippen LogP contribution in [0.1, 0.15) is 26.2 Å². The fraction of sp³-hybridized carbons (Fsp3) is 0.857. The van der Waals surface area contributed by atoms with Gasteiger partial charge in [0.05, 0.1) is 12.6 Å². The summed E-state index contributed by atoms with van der Waals surface area (Å²) in [6.45, 7) is 6.59. The number of carbonyl (C=O) groups excluding carboxylic acids is 2. The maximum atomic E-state index is 12.1. The molecule has 2 amide bonds. The second-order valence-electron chi connectivity index (χ2n) is 5.66. The van der Waals surface area contributed by atoms with E-state index in [0.717, 1.165) is 25.9 Å². The maximum absolute atomic E-state index is 12.1. The van der Waals surface area contributed by atoms with Gasteiger partial charge in [-0.1, -0.05) is 6.92 Å². The van der Waals surface area contributed by atoms with Crippen LogP contribution in [0.5, 0.6) is 0 Å². The van der Waals surface area contributed by atoms with Crippen LogP contribution in [0.15, 0.2) is 0 Å². The SMILES string of the molecule is CC[C@@H](O)CN1CCN(C(=O)CN2CCCC2=O)CC1. The standard InChI is InChI=1S/C14H25N3O3/c1-2-12(18)10-15-6-8-16(9-7-15)14(20)11-17-5-3-4-13(17)19/h12,18H,2-11H2,1H3/t12-/m1/s1. The van der Waals surface area contributed by atoms with E-state index in [2.05, 4.69) is 4.90 Å². The minimum absolute atomic E-state index is 0.0518. The van der Waals surface area contributed by atoms with E-state index in [1.807, 2.05) is 11.8 Å². The van der Waals surface area contributed by atoms with Crippen LogP contribution in [0.3, 0.4) is 0 Å². The number of aliphatic hydroxyl groups excluding tert-OH is 1. The van der Waals surface area contributed by atoms with E-state index in [9.17, 15) is 14.7 Å². The molecule has 2 heterocycles. The van der Waals surface area contributed by atoms with E-state index in [4.69, 9.17) is 0 Å². The molecule has 2 aliphatic rings. The first kappa shape index (κ1) is 15.3. The summed E-state index contributed by atoms with van der Waals surface area (Å²) in [6.07, 6.45) is 1.93. The Labute approximate surface area is 120 Å². The minimum Gasteiger partial charge on any atom is -0.392 e. The zero-order valence-corrected chi connectivity index (χ0v) is 12.3. The van der Waals surface area contributed by atoms with Gasteiger partial charge in [-0.15, -0.1) is 0 Å². The topological polar surface area (TPSA) is 64.1 Å². The number of aliphatic hydroxyl groups is 1. The van der Waals surface area contributed by atoms with E-state index in [-0.39, 0.29) is 24.5 Å². The summed E-state index contributed by atoms with van der Waals surface area (Å²) in [6, 6.07) is 0. The lowest BCUT2D eigenvalue weighted by Crippen LogP contribution is -2.52. The highest BCUT2D eigenvalue weighted by atomic mass is 16.3. The van der Waals surface area contributed by atoms with Crippen molar-refractivity contribution in [2.45, 2.75) is 32.3 Å². The monoisotopic (exact) mass is 283 g/mol. The van der Waals surface area contributed by atoms with E-state index < -0.39 is 0 Å². The number of nitrogens with zero attached hydrogens (tertiary/aromatic N) is 3. The molecular formula is C14H25N3O3. The van der Waals surface area contributed by atoms with E-state index in [1.165, 1.54) is 0 Å². The van der Waals surface area contributed by atoms with Crippen molar-refractivity contribution in [3.63, 3.8) is 0 Å². The number of hydrogen-bond donors (Lipinski definition) is 1. The van der Waals surface area contributed by atoms with Gasteiger partial charge in [0.1, 0.15) is 0 Å². The normalized spacial score (nSPS) is 22.4. The van der Waals surface area contributed by atoms with Crippen molar-refractivity contribution < 1.29 is 14.7 Å². The molecule has 6 nitrogen and oxygen atoms in total. The molecule has 20 heavy (non-hydrogen) atoms. The zero-order chi connectivity index (χ0) is 14.5. The molecule has 0 aromatic carbocycles. The third-order valence-corrected chi connectivity index (χ3v) is 4.16. The average Bonchev–Trinajstić information content (AvgIpc) is 2.85. The molecule has 1 atom stereocenters. The quantitative estimate of drug-likeness (QED) is 0.740. The molecule has 2 aliphatic heterocycles. The molecular weight excluding hydrogens is 258 g/mol. The Kier molecular flexibility index (Phi) is 5.37. The van der Waals surface area contributed by atoms with Gasteiger partial charge < -0.3 is 14.9 Å². The number of likely N-dealkylation sites (tertiary alicyclic amines) is 1. The van der Waals surface area contributed by atoms with Crippen molar-refractivity contribution in [2.24, 2.45) is 0 Å². The number of hydrogen-bond acceptors (Lipinski definition) is 4. The summed E-state index contributed by atoms with van der Waals surface area (Å²) < 4.78 is 0. The van der Waals surface area contributed by atoms with Crippen molar-refractivity contribution in [1.82, 2.24) is 14.7 Å². The molecule has 0 unspecified atom stereocenters. The predicted molar refractivity (Wildman–Crippen MR) is 75.1 cm³/mol. The Morgan fingerprint density at radius 1 is 1.25 bits per heavy atom. The third-order valence-electron chi connectivity index (χ3n) is 4.16. The molecule has 0 saturated carbocycles. The predicted octanol–water partition coefficient (Wildman–Crippen LogP) is -0.476. The van der Waals surface area contributed by atoms with Crippen LogP contribution in [0.4, 0.5) is 0 Å². The van der Waals surface area contributed by atoms with Gasteiger partial charge >= 0.3 is 0 Å². The summed E-state index contributed by atoms with van der Waals surface area (Å²) in [7, 11) is 0. The van der Waals surface area contributed by atoms with Crippen LogP contribution in [0.2, 0.25) is 0 Å². The summed E-state index contributed by atoms with van der Waals surface area (Å²) >= 11 is 0. The Morgan fingerprint density at radius 2 is 1.95 bits per heavy atom. The molecule has 2 rings (SSSR count). The van der Waals surface area contributed by atoms with Gasteiger partial charge in [0.15, 0.2) is 0 Å². The van der Waals surface area contributed by atoms with Gasteiger partial charge in [-0.25, -0.2) is 0 Å². The first-order valence-electron chi connectivity index (χ1n) is 7.56. The largest absolute Gasteiger partial charge is 0.392 e. The summed E-state index contributed by atoms with van der Waals surface area (Å²) in [5.41, 5.74) is 0. The molecule has 1 N–H and O–H groups in total. The molecule has 2 saturated heterocycles. The lowest BCUT2D eigenvalue weighted by molar-refractivity contribution is -0.139. The van der Waals surface area contributed by atoms with Gasteiger partial charge in [-0.05, 0) is 12.8 Å². The molecule has 0 aliphatic carbocycles. The summed E-state index contributed by atoms with van der Waals surface area (Å²) in [5, 5.41) is 9.64. The molecule has 0 aromatic rings. The Morgan fingerprint density at radius 3 is 2.50 bits per heavy atom. The van der Waals surface area contributed by atoms with E-state index in [1.54, 1.807) is 4.90 Å². The fourth-order valence-electron chi connectivity index (χ4n) is 2.74. The van der Waals surface area contributed by atoms with E-state index >= 15 is 0 Å². The van der Waals surface area contributed by atoms with E-state index in [0.29, 0.717) is 32.6 Å². The lowest BCUT2D eigenvalue weighted by atomic mass is 10.2. The highest BCUT2D eigenvalue weighted by molar-refractivity contribution is 5.85. The van der Waals surface area contributed by atoms with Crippen molar-refractivity contribution in [1.29, 1.82) is 0 Å². The van der Waals surface area contributed by atoms with Crippen molar-refractivity contribution in [2.75, 3.05) is 45.8 Å². The van der Waals surface area contributed by atoms with Crippen LogP contribution in [-0.4, -0.2) is 83.5 Å². The Hall–Kier alpha value is -1.14. The van der Waals surface area contributed by atoms with Crippen LogP contribution >= 0.6 is 0 Å². The zero-order valence-electron chi connectivity index (χ0n) is 12.3. The molecule has 6 heteroatoms. The molecule has 0 spiro atoms. The van der Waals surface area contributed by atoms with Crippen LogP contribution in [0, 0.1) is 0 Å². The first-order valence-corrected chi connectivity index (χ1v) is 7.56. The fourth-order valence-corrected chi connectivity index (χ4v) is 2.74. The minimum atomic E-state index is -0.278. The van der Waals surface area contributed by atoms with Crippen LogP contribution in [0.25, 0.3) is 0 Å². The van der Waals surface area contributed by atoms with Crippen molar-refractivity contribution in [3.05, 3.63) is 0 Å². The smallest absolute Gasteiger partial charge is 0.242 e. The highest BCUT2D eigenvalue weighted by Gasteiger charge is 2.27. The molecule has 0 radical (unpaired) electrons. The summed E-state index contributed by atoms with van der Waals surface area (Å²) in [4.78, 5) is 29.4. The second kappa shape index (κ2) is 7.04. The highest BCUT2D eigenvalue weighted by Crippen LogP contribution is 2.11. The number of carbonyl (C=O) groups is 2. The maximum Gasteiger partial charge on any atom is 0.242 e. The van der Waals surface area contributed by atoms with Gasteiger partial charge in [0.25, 0.3) is 0 Å². The molecule has 2 fully saturated rings. The number of β-amino-alcohol motifs (C(OH)–C–C–N with tert-alkyl or cyclic N) is 1. The molecule has 0 aromatic heterocycles. The van der Waals surface area contributed by atoms with Crippen LogP contribution < -0.4 is 0 Å². The van der Waals surface area contributed by atoms with Gasteiger partial charge in [-0.3, -0.25) is 14.5 Å².